The number of benzene rings is 1. The van der Waals surface area contributed by atoms with E-state index < -0.39 is 0 Å². The molecule has 1 aromatic rings. The van der Waals surface area contributed by atoms with Crippen molar-refractivity contribution in [3.05, 3.63) is 34.9 Å². The fraction of sp³-hybridized carbons (Fsp3) is 0.600. The quantitative estimate of drug-likeness (QED) is 0.724. The van der Waals surface area contributed by atoms with Gasteiger partial charge in [0.05, 0.1) is 0 Å². The average Bonchev–Trinajstić information content (AvgIpc) is 2.35. The van der Waals surface area contributed by atoms with Gasteiger partial charge in [-0.1, -0.05) is 50.4 Å². The van der Waals surface area contributed by atoms with Crippen LogP contribution in [0.3, 0.4) is 0 Å². The van der Waals surface area contributed by atoms with Crippen molar-refractivity contribution in [1.29, 1.82) is 0 Å². The Balaban J connectivity index is 2.51. The second kappa shape index (κ2) is 7.73. The summed E-state index contributed by atoms with van der Waals surface area (Å²) in [6.07, 6.45) is 5.04. The molecule has 0 fully saturated rings. The lowest BCUT2D eigenvalue weighted by molar-refractivity contribution is 0.410. The van der Waals surface area contributed by atoms with Gasteiger partial charge in [0.25, 0.3) is 0 Å². The van der Waals surface area contributed by atoms with Crippen LogP contribution in [-0.4, -0.2) is 6.04 Å². The maximum Gasteiger partial charge on any atom is 0.0406 e. The van der Waals surface area contributed by atoms with Crippen LogP contribution in [0, 0.1) is 0 Å². The first kappa shape index (κ1) is 14.5. The minimum Gasteiger partial charge on any atom is -0.307 e. The van der Waals surface area contributed by atoms with Crippen LogP contribution < -0.4 is 5.32 Å². The standard InChI is InChI=1S/C15H24ClN/c1-4-6-7-15(5-2)17-12(3)13-8-10-14(16)11-9-13/h8-12,15,17H,4-7H2,1-3H3/t12-,15?/m0/s1. The highest BCUT2D eigenvalue weighted by molar-refractivity contribution is 6.30. The maximum atomic E-state index is 5.90. The van der Waals surface area contributed by atoms with E-state index in [1.807, 2.05) is 12.1 Å². The molecule has 96 valence electrons. The number of halogens is 1. The van der Waals surface area contributed by atoms with Crippen molar-refractivity contribution in [2.45, 2.75) is 58.5 Å². The summed E-state index contributed by atoms with van der Waals surface area (Å²) >= 11 is 5.90. The van der Waals surface area contributed by atoms with Gasteiger partial charge in [-0.2, -0.15) is 0 Å². The maximum absolute atomic E-state index is 5.90. The summed E-state index contributed by atoms with van der Waals surface area (Å²) in [5.41, 5.74) is 1.31. The molecule has 1 nitrogen and oxygen atoms in total. The summed E-state index contributed by atoms with van der Waals surface area (Å²) in [4.78, 5) is 0. The smallest absolute Gasteiger partial charge is 0.0406 e. The van der Waals surface area contributed by atoms with Gasteiger partial charge in [0.15, 0.2) is 0 Å². The van der Waals surface area contributed by atoms with Crippen molar-refractivity contribution in [1.82, 2.24) is 5.32 Å². The van der Waals surface area contributed by atoms with Crippen LogP contribution in [0.1, 0.15) is 58.1 Å². The van der Waals surface area contributed by atoms with Gasteiger partial charge in [-0.05, 0) is 37.5 Å². The Morgan fingerprint density at radius 2 is 1.82 bits per heavy atom. The molecule has 0 aromatic heterocycles. The molecule has 0 radical (unpaired) electrons. The van der Waals surface area contributed by atoms with Gasteiger partial charge in [-0.3, -0.25) is 0 Å². The van der Waals surface area contributed by atoms with Gasteiger partial charge in [0.1, 0.15) is 0 Å². The van der Waals surface area contributed by atoms with Gasteiger partial charge < -0.3 is 5.32 Å². The third-order valence-electron chi connectivity index (χ3n) is 3.25. The molecule has 0 spiro atoms. The zero-order valence-electron chi connectivity index (χ0n) is 11.2. The highest BCUT2D eigenvalue weighted by Gasteiger charge is 2.11. The third-order valence-corrected chi connectivity index (χ3v) is 3.51. The molecule has 1 unspecified atom stereocenters. The number of nitrogens with one attached hydrogen (secondary N) is 1. The topological polar surface area (TPSA) is 12.0 Å². The minimum absolute atomic E-state index is 0.397. The Kier molecular flexibility index (Phi) is 6.61. The Morgan fingerprint density at radius 3 is 2.35 bits per heavy atom. The van der Waals surface area contributed by atoms with Crippen molar-refractivity contribution >= 4 is 11.6 Å². The molecule has 2 heteroatoms. The molecule has 1 N–H and O–H groups in total. The molecule has 0 aliphatic rings. The normalized spacial score (nSPS) is 14.6. The van der Waals surface area contributed by atoms with Gasteiger partial charge in [-0.25, -0.2) is 0 Å². The summed E-state index contributed by atoms with van der Waals surface area (Å²) in [5, 5.41) is 4.50. The molecule has 17 heavy (non-hydrogen) atoms. The zero-order valence-corrected chi connectivity index (χ0v) is 11.9. The molecule has 0 aliphatic heterocycles. The van der Waals surface area contributed by atoms with Crippen LogP contribution in [0.5, 0.6) is 0 Å². The fourth-order valence-electron chi connectivity index (χ4n) is 2.06. The van der Waals surface area contributed by atoms with Crippen molar-refractivity contribution in [3.8, 4) is 0 Å². The van der Waals surface area contributed by atoms with E-state index in [9.17, 15) is 0 Å². The van der Waals surface area contributed by atoms with Crippen molar-refractivity contribution in [3.63, 3.8) is 0 Å². The van der Waals surface area contributed by atoms with Crippen molar-refractivity contribution in [2.75, 3.05) is 0 Å². The number of hydrogen-bond acceptors (Lipinski definition) is 1. The van der Waals surface area contributed by atoms with Crippen LogP contribution in [0.4, 0.5) is 0 Å². The zero-order chi connectivity index (χ0) is 12.7. The van der Waals surface area contributed by atoms with E-state index in [4.69, 9.17) is 11.6 Å². The summed E-state index contributed by atoms with van der Waals surface area (Å²) in [7, 11) is 0. The van der Waals surface area contributed by atoms with Crippen LogP contribution in [-0.2, 0) is 0 Å². The predicted molar refractivity (Wildman–Crippen MR) is 76.6 cm³/mol. The molecule has 0 saturated carbocycles. The summed E-state index contributed by atoms with van der Waals surface area (Å²) in [5.74, 6) is 0. The van der Waals surface area contributed by atoms with Gasteiger partial charge in [0, 0.05) is 17.1 Å². The van der Waals surface area contributed by atoms with Crippen LogP contribution in [0.2, 0.25) is 5.02 Å². The van der Waals surface area contributed by atoms with E-state index in [0.29, 0.717) is 12.1 Å². The van der Waals surface area contributed by atoms with E-state index in [1.165, 1.54) is 31.2 Å². The molecule has 2 atom stereocenters. The highest BCUT2D eigenvalue weighted by atomic mass is 35.5. The van der Waals surface area contributed by atoms with Crippen LogP contribution >= 0.6 is 11.6 Å². The molecule has 0 bridgehead atoms. The van der Waals surface area contributed by atoms with E-state index in [0.717, 1.165) is 5.02 Å². The van der Waals surface area contributed by atoms with E-state index >= 15 is 0 Å². The molecular formula is C15H24ClN. The Bertz CT molecular complexity index is 307. The Hall–Kier alpha value is -0.530. The van der Waals surface area contributed by atoms with Crippen molar-refractivity contribution < 1.29 is 0 Å². The van der Waals surface area contributed by atoms with Crippen LogP contribution in [0.15, 0.2) is 24.3 Å². The first-order valence-electron chi connectivity index (χ1n) is 6.68. The summed E-state index contributed by atoms with van der Waals surface area (Å²) in [6, 6.07) is 9.15. The average molecular weight is 254 g/mol. The molecular weight excluding hydrogens is 230 g/mol. The van der Waals surface area contributed by atoms with Gasteiger partial charge >= 0.3 is 0 Å². The third kappa shape index (κ3) is 5.10. The highest BCUT2D eigenvalue weighted by Crippen LogP contribution is 2.18. The van der Waals surface area contributed by atoms with E-state index in [1.54, 1.807) is 0 Å². The van der Waals surface area contributed by atoms with E-state index in [2.05, 4.69) is 38.2 Å². The Labute approximate surface area is 111 Å². The fourth-order valence-corrected chi connectivity index (χ4v) is 2.18. The lowest BCUT2D eigenvalue weighted by Gasteiger charge is -2.22. The molecule has 0 heterocycles. The lowest BCUT2D eigenvalue weighted by Crippen LogP contribution is -2.30. The van der Waals surface area contributed by atoms with Gasteiger partial charge in [-0.15, -0.1) is 0 Å². The summed E-state index contributed by atoms with van der Waals surface area (Å²) in [6.45, 7) is 6.72. The summed E-state index contributed by atoms with van der Waals surface area (Å²) < 4.78 is 0. The monoisotopic (exact) mass is 253 g/mol. The molecule has 0 saturated heterocycles. The van der Waals surface area contributed by atoms with Crippen LogP contribution in [0.25, 0.3) is 0 Å². The molecule has 0 aliphatic carbocycles. The van der Waals surface area contributed by atoms with E-state index in [-0.39, 0.29) is 0 Å². The largest absolute Gasteiger partial charge is 0.307 e. The predicted octanol–water partition coefficient (Wildman–Crippen LogP) is 4.96. The molecule has 1 aromatic carbocycles. The molecule has 1 rings (SSSR count). The number of unbranched alkanes of at least 4 members (excludes halogenated alkanes) is 1. The number of hydrogen-bond donors (Lipinski definition) is 1. The minimum atomic E-state index is 0.397. The van der Waals surface area contributed by atoms with Crippen molar-refractivity contribution in [2.24, 2.45) is 0 Å². The Morgan fingerprint density at radius 1 is 1.18 bits per heavy atom. The SMILES string of the molecule is CCCCC(CC)N[C@@H](C)c1ccc(Cl)cc1. The molecule has 0 amide bonds. The second-order valence-electron chi connectivity index (χ2n) is 4.69. The van der Waals surface area contributed by atoms with Gasteiger partial charge in [0.2, 0.25) is 0 Å². The lowest BCUT2D eigenvalue weighted by atomic mass is 10.0. The first-order chi connectivity index (χ1) is 8.17. The second-order valence-corrected chi connectivity index (χ2v) is 5.12. The number of rotatable bonds is 7. The first-order valence-corrected chi connectivity index (χ1v) is 7.06.